The second-order valence-corrected chi connectivity index (χ2v) is 5.16. The third kappa shape index (κ3) is 2.99. The number of thioether (sulfide) groups is 1. The van der Waals surface area contributed by atoms with E-state index in [9.17, 15) is 4.79 Å². The third-order valence-corrected chi connectivity index (χ3v) is 3.54. The molecule has 2 rings (SSSR count). The van der Waals surface area contributed by atoms with Gasteiger partial charge < -0.3 is 10.8 Å². The minimum atomic E-state index is -0.937. The summed E-state index contributed by atoms with van der Waals surface area (Å²) in [6, 6.07) is 5.47. The number of halogens is 1. The first-order valence-electron chi connectivity index (χ1n) is 5.31. The number of nitrogens with two attached hydrogens (primary N) is 1. The van der Waals surface area contributed by atoms with E-state index in [-0.39, 0.29) is 11.7 Å². The molecule has 0 aliphatic rings. The van der Waals surface area contributed by atoms with E-state index in [1.165, 1.54) is 4.57 Å². The highest BCUT2D eigenvalue weighted by molar-refractivity contribution is 7.99. The summed E-state index contributed by atoms with van der Waals surface area (Å²) in [6.45, 7) is 1.92. The van der Waals surface area contributed by atoms with Crippen LogP contribution in [0.3, 0.4) is 0 Å². The molecule has 19 heavy (non-hydrogen) atoms. The van der Waals surface area contributed by atoms with Crippen LogP contribution in [0, 0.1) is 6.92 Å². The molecule has 3 N–H and O–H groups in total. The number of nitrogens with zero attached hydrogens (tertiary/aromatic N) is 3. The van der Waals surface area contributed by atoms with Crippen molar-refractivity contribution in [3.8, 4) is 5.69 Å². The first kappa shape index (κ1) is 13.7. The maximum Gasteiger partial charge on any atom is 0.313 e. The smallest absolute Gasteiger partial charge is 0.313 e. The second-order valence-electron chi connectivity index (χ2n) is 3.81. The first-order valence-corrected chi connectivity index (χ1v) is 6.67. The molecule has 0 saturated heterocycles. The van der Waals surface area contributed by atoms with Gasteiger partial charge >= 0.3 is 5.97 Å². The maximum absolute atomic E-state index is 10.6. The zero-order valence-corrected chi connectivity index (χ0v) is 11.6. The van der Waals surface area contributed by atoms with Gasteiger partial charge in [0.25, 0.3) is 0 Å². The fourth-order valence-corrected chi connectivity index (χ4v) is 2.51. The Morgan fingerprint density at radius 2 is 2.26 bits per heavy atom. The lowest BCUT2D eigenvalue weighted by atomic mass is 10.2. The molecule has 0 aliphatic carbocycles. The SMILES string of the molecule is Cc1ccc(-n2c(N)nnc2SCC(=O)O)c(Cl)c1. The van der Waals surface area contributed by atoms with E-state index < -0.39 is 5.97 Å². The number of nitrogen functional groups attached to an aromatic ring is 1. The number of anilines is 1. The zero-order chi connectivity index (χ0) is 14.0. The number of carbonyl (C=O) groups is 1. The number of aryl methyl sites for hydroxylation is 1. The number of benzene rings is 1. The molecule has 1 aromatic heterocycles. The number of aromatic nitrogens is 3. The van der Waals surface area contributed by atoms with Crippen LogP contribution in [0.25, 0.3) is 5.69 Å². The van der Waals surface area contributed by atoms with E-state index in [2.05, 4.69) is 10.2 Å². The van der Waals surface area contributed by atoms with E-state index in [0.717, 1.165) is 17.3 Å². The highest BCUT2D eigenvalue weighted by Gasteiger charge is 2.15. The van der Waals surface area contributed by atoms with Gasteiger partial charge in [0.1, 0.15) is 0 Å². The Labute approximate surface area is 118 Å². The van der Waals surface area contributed by atoms with Gasteiger partial charge in [-0.1, -0.05) is 29.4 Å². The van der Waals surface area contributed by atoms with Crippen molar-refractivity contribution in [2.24, 2.45) is 0 Å². The van der Waals surface area contributed by atoms with E-state index in [1.807, 2.05) is 13.0 Å². The Balaban J connectivity index is 2.43. The minimum Gasteiger partial charge on any atom is -0.481 e. The lowest BCUT2D eigenvalue weighted by molar-refractivity contribution is -0.133. The van der Waals surface area contributed by atoms with Gasteiger partial charge in [0, 0.05) is 0 Å². The molecule has 6 nitrogen and oxygen atoms in total. The molecule has 0 radical (unpaired) electrons. The monoisotopic (exact) mass is 298 g/mol. The van der Waals surface area contributed by atoms with Gasteiger partial charge in [-0.25, -0.2) is 0 Å². The minimum absolute atomic E-state index is 0.123. The van der Waals surface area contributed by atoms with Crippen LogP contribution in [-0.2, 0) is 4.79 Å². The van der Waals surface area contributed by atoms with Crippen molar-refractivity contribution in [2.45, 2.75) is 12.1 Å². The molecule has 1 heterocycles. The van der Waals surface area contributed by atoms with Gasteiger partial charge in [0.2, 0.25) is 5.95 Å². The molecule has 1 aromatic carbocycles. The Morgan fingerprint density at radius 1 is 1.53 bits per heavy atom. The maximum atomic E-state index is 10.6. The fourth-order valence-electron chi connectivity index (χ4n) is 1.52. The molecule has 8 heteroatoms. The summed E-state index contributed by atoms with van der Waals surface area (Å²) in [7, 11) is 0. The topological polar surface area (TPSA) is 94.0 Å². The number of hydrogen-bond acceptors (Lipinski definition) is 5. The van der Waals surface area contributed by atoms with Gasteiger partial charge in [-0.3, -0.25) is 9.36 Å². The number of carboxylic acid groups (broad SMARTS) is 1. The number of aliphatic carboxylic acids is 1. The van der Waals surface area contributed by atoms with Crippen molar-refractivity contribution in [1.29, 1.82) is 0 Å². The van der Waals surface area contributed by atoms with Gasteiger partial charge in [-0.15, -0.1) is 10.2 Å². The second kappa shape index (κ2) is 5.50. The molecule has 0 unspecified atom stereocenters. The Morgan fingerprint density at radius 3 is 2.89 bits per heavy atom. The van der Waals surface area contributed by atoms with Gasteiger partial charge in [0.05, 0.1) is 16.5 Å². The normalized spacial score (nSPS) is 10.6. The number of hydrogen-bond donors (Lipinski definition) is 2. The Bertz CT molecular complexity index is 629. The number of rotatable bonds is 4. The molecule has 0 bridgehead atoms. The van der Waals surface area contributed by atoms with Crippen LogP contribution >= 0.6 is 23.4 Å². The van der Waals surface area contributed by atoms with Crippen LogP contribution in [-0.4, -0.2) is 31.6 Å². The summed E-state index contributed by atoms with van der Waals surface area (Å²) in [5.41, 5.74) is 7.40. The van der Waals surface area contributed by atoms with Crippen molar-refractivity contribution >= 4 is 35.3 Å². The average Bonchev–Trinajstić information content (AvgIpc) is 2.68. The quantitative estimate of drug-likeness (QED) is 0.838. The molecule has 0 atom stereocenters. The summed E-state index contributed by atoms with van der Waals surface area (Å²) in [5, 5.41) is 17.2. The highest BCUT2D eigenvalue weighted by atomic mass is 35.5. The molecule has 0 fully saturated rings. The highest BCUT2D eigenvalue weighted by Crippen LogP contribution is 2.28. The zero-order valence-electron chi connectivity index (χ0n) is 10.00. The van der Waals surface area contributed by atoms with E-state index in [4.69, 9.17) is 22.4 Å². The average molecular weight is 299 g/mol. The lowest BCUT2D eigenvalue weighted by Gasteiger charge is -2.09. The van der Waals surface area contributed by atoms with Crippen LogP contribution in [0.2, 0.25) is 5.02 Å². The summed E-state index contributed by atoms with van der Waals surface area (Å²) >= 11 is 7.20. The lowest BCUT2D eigenvalue weighted by Crippen LogP contribution is -2.05. The number of carboxylic acids is 1. The first-order chi connectivity index (χ1) is 8.99. The van der Waals surface area contributed by atoms with E-state index in [1.54, 1.807) is 12.1 Å². The summed E-state index contributed by atoms with van der Waals surface area (Å²) in [4.78, 5) is 10.6. The summed E-state index contributed by atoms with van der Waals surface area (Å²) in [5.74, 6) is -0.895. The molecular formula is C11H11ClN4O2S. The van der Waals surface area contributed by atoms with Crippen molar-refractivity contribution in [3.05, 3.63) is 28.8 Å². The van der Waals surface area contributed by atoms with E-state index >= 15 is 0 Å². The van der Waals surface area contributed by atoms with Crippen LogP contribution in [0.5, 0.6) is 0 Å². The van der Waals surface area contributed by atoms with Crippen molar-refractivity contribution < 1.29 is 9.90 Å². The molecule has 100 valence electrons. The van der Waals surface area contributed by atoms with Crippen molar-refractivity contribution in [2.75, 3.05) is 11.5 Å². The van der Waals surface area contributed by atoms with Crippen molar-refractivity contribution in [1.82, 2.24) is 14.8 Å². The molecule has 0 saturated carbocycles. The molecular weight excluding hydrogens is 288 g/mol. The van der Waals surface area contributed by atoms with Crippen LogP contribution < -0.4 is 5.73 Å². The van der Waals surface area contributed by atoms with Gasteiger partial charge in [0.15, 0.2) is 5.16 Å². The van der Waals surface area contributed by atoms with Gasteiger partial charge in [-0.05, 0) is 24.6 Å². The molecule has 0 amide bonds. The Hall–Kier alpha value is -1.73. The predicted molar refractivity (Wildman–Crippen MR) is 73.9 cm³/mol. The standard InChI is InChI=1S/C11H11ClN4O2S/c1-6-2-3-8(7(12)4-6)16-10(13)14-15-11(16)19-5-9(17)18/h2-4H,5H2,1H3,(H2,13,14)(H,17,18). The van der Waals surface area contributed by atoms with Crippen LogP contribution in [0.4, 0.5) is 5.95 Å². The molecule has 0 aliphatic heterocycles. The predicted octanol–water partition coefficient (Wildman–Crippen LogP) is 1.99. The summed E-state index contributed by atoms with van der Waals surface area (Å²) in [6.07, 6.45) is 0. The molecule has 2 aromatic rings. The summed E-state index contributed by atoms with van der Waals surface area (Å²) < 4.78 is 1.54. The van der Waals surface area contributed by atoms with Crippen LogP contribution in [0.15, 0.2) is 23.4 Å². The Kier molecular flexibility index (Phi) is 3.96. The van der Waals surface area contributed by atoms with Crippen LogP contribution in [0.1, 0.15) is 5.56 Å². The van der Waals surface area contributed by atoms with E-state index in [0.29, 0.717) is 15.9 Å². The molecule has 0 spiro atoms. The van der Waals surface area contributed by atoms with Gasteiger partial charge in [-0.2, -0.15) is 0 Å². The third-order valence-electron chi connectivity index (χ3n) is 2.33. The van der Waals surface area contributed by atoms with Crippen molar-refractivity contribution in [3.63, 3.8) is 0 Å². The fraction of sp³-hybridized carbons (Fsp3) is 0.182. The largest absolute Gasteiger partial charge is 0.481 e.